The summed E-state index contributed by atoms with van der Waals surface area (Å²) in [5, 5.41) is 9.56. The highest BCUT2D eigenvalue weighted by Gasteiger charge is 2.33. The molecular weight excluding hydrogens is 290 g/mol. The van der Waals surface area contributed by atoms with Gasteiger partial charge >= 0.3 is 0 Å². The second kappa shape index (κ2) is 7.40. The Morgan fingerprint density at radius 2 is 1.65 bits per heavy atom. The topological polar surface area (TPSA) is 49.8 Å². The highest BCUT2D eigenvalue weighted by Crippen LogP contribution is 2.28. The van der Waals surface area contributed by atoms with Crippen molar-refractivity contribution in [1.29, 1.82) is 0 Å². The number of carbonyl (C=O) groups excluding carboxylic acids is 1. The van der Waals surface area contributed by atoms with Crippen LogP contribution in [0.25, 0.3) is 0 Å². The maximum Gasteiger partial charge on any atom is 0.235 e. The summed E-state index contributed by atoms with van der Waals surface area (Å²) in [6.45, 7) is 1.33. The number of nitrogens with zero attached hydrogens (tertiary/aromatic N) is 1. The third kappa shape index (κ3) is 3.44. The molecule has 1 amide bonds. The fourth-order valence-electron chi connectivity index (χ4n) is 3.03. The van der Waals surface area contributed by atoms with Gasteiger partial charge in [-0.25, -0.2) is 0 Å². The van der Waals surface area contributed by atoms with Gasteiger partial charge in [-0.3, -0.25) is 4.79 Å². The molecule has 23 heavy (non-hydrogen) atoms. The zero-order chi connectivity index (χ0) is 16.1. The first-order valence-corrected chi connectivity index (χ1v) is 7.90. The predicted molar refractivity (Wildman–Crippen MR) is 88.1 cm³/mol. The number of rotatable bonds is 4. The van der Waals surface area contributed by atoms with E-state index >= 15 is 0 Å². The Labute approximate surface area is 136 Å². The summed E-state index contributed by atoms with van der Waals surface area (Å²) in [7, 11) is 0. The van der Waals surface area contributed by atoms with Gasteiger partial charge in [0.15, 0.2) is 0 Å². The zero-order valence-electron chi connectivity index (χ0n) is 13.0. The summed E-state index contributed by atoms with van der Waals surface area (Å²) in [6, 6.07) is 19.3. The number of hydrogen-bond acceptors (Lipinski definition) is 3. The number of hydrogen-bond donors (Lipinski definition) is 1. The van der Waals surface area contributed by atoms with E-state index in [1.165, 1.54) is 0 Å². The van der Waals surface area contributed by atoms with Gasteiger partial charge in [-0.05, 0) is 11.1 Å². The lowest BCUT2D eigenvalue weighted by molar-refractivity contribution is -0.142. The molecule has 4 heteroatoms. The highest BCUT2D eigenvalue weighted by atomic mass is 16.5. The van der Waals surface area contributed by atoms with Crippen LogP contribution in [0.3, 0.4) is 0 Å². The molecule has 4 nitrogen and oxygen atoms in total. The first-order chi connectivity index (χ1) is 11.3. The van der Waals surface area contributed by atoms with Gasteiger partial charge in [-0.15, -0.1) is 0 Å². The number of aliphatic hydroxyl groups excluding tert-OH is 1. The lowest BCUT2D eigenvalue weighted by Gasteiger charge is -2.37. The van der Waals surface area contributed by atoms with Crippen molar-refractivity contribution in [3.05, 3.63) is 71.8 Å². The molecule has 1 atom stereocenters. The summed E-state index contributed by atoms with van der Waals surface area (Å²) >= 11 is 0. The minimum atomic E-state index is -0.357. The Morgan fingerprint density at radius 3 is 2.17 bits per heavy atom. The second-order valence-corrected chi connectivity index (χ2v) is 5.70. The van der Waals surface area contributed by atoms with E-state index in [1.807, 2.05) is 60.7 Å². The predicted octanol–water partition coefficient (Wildman–Crippen LogP) is 2.04. The van der Waals surface area contributed by atoms with Crippen molar-refractivity contribution in [2.24, 2.45) is 0 Å². The third-order valence-corrected chi connectivity index (χ3v) is 4.23. The number of amides is 1. The van der Waals surface area contributed by atoms with Gasteiger partial charge in [0.25, 0.3) is 0 Å². The van der Waals surface area contributed by atoms with Crippen LogP contribution in [0.4, 0.5) is 0 Å². The van der Waals surface area contributed by atoms with Crippen LogP contribution in [-0.4, -0.2) is 48.3 Å². The molecule has 0 aromatic heterocycles. The Balaban J connectivity index is 1.96. The molecule has 1 saturated heterocycles. The fourth-order valence-corrected chi connectivity index (χ4v) is 3.03. The van der Waals surface area contributed by atoms with Crippen molar-refractivity contribution in [3.8, 4) is 0 Å². The molecule has 0 aliphatic carbocycles. The Morgan fingerprint density at radius 1 is 1.09 bits per heavy atom. The fraction of sp³-hybridized carbons (Fsp3) is 0.316. The third-order valence-electron chi connectivity index (χ3n) is 4.23. The average molecular weight is 311 g/mol. The van der Waals surface area contributed by atoms with E-state index in [1.54, 1.807) is 4.90 Å². The highest BCUT2D eigenvalue weighted by molar-refractivity contribution is 5.87. The average Bonchev–Trinajstić information content (AvgIpc) is 2.63. The maximum absolute atomic E-state index is 13.2. The number of ether oxygens (including phenoxy) is 1. The van der Waals surface area contributed by atoms with E-state index in [2.05, 4.69) is 0 Å². The summed E-state index contributed by atoms with van der Waals surface area (Å²) in [5.74, 6) is -0.339. The second-order valence-electron chi connectivity index (χ2n) is 5.70. The molecule has 3 rings (SSSR count). The van der Waals surface area contributed by atoms with Gasteiger partial charge in [0.2, 0.25) is 5.91 Å². The molecule has 1 aliphatic heterocycles. The van der Waals surface area contributed by atoms with Crippen LogP contribution in [0.15, 0.2) is 60.7 Å². The molecule has 2 aromatic carbocycles. The molecule has 0 saturated carbocycles. The van der Waals surface area contributed by atoms with E-state index in [0.717, 1.165) is 11.1 Å². The van der Waals surface area contributed by atoms with Gasteiger partial charge in [0, 0.05) is 6.54 Å². The number of morpholine rings is 1. The Bertz CT molecular complexity index is 590. The lowest BCUT2D eigenvalue weighted by Crippen LogP contribution is -2.52. The minimum absolute atomic E-state index is 0.0183. The quantitative estimate of drug-likeness (QED) is 0.940. The van der Waals surface area contributed by atoms with Crippen LogP contribution < -0.4 is 0 Å². The van der Waals surface area contributed by atoms with Gasteiger partial charge in [-0.2, -0.15) is 0 Å². The molecule has 0 spiro atoms. The molecule has 120 valence electrons. The molecule has 0 bridgehead atoms. The monoisotopic (exact) mass is 311 g/mol. The van der Waals surface area contributed by atoms with Crippen LogP contribution in [-0.2, 0) is 9.53 Å². The van der Waals surface area contributed by atoms with Crippen molar-refractivity contribution in [2.75, 3.05) is 26.4 Å². The maximum atomic E-state index is 13.2. The van der Waals surface area contributed by atoms with Crippen molar-refractivity contribution in [1.82, 2.24) is 4.90 Å². The summed E-state index contributed by atoms with van der Waals surface area (Å²) < 4.78 is 5.39. The molecule has 0 radical (unpaired) electrons. The molecule has 2 aromatic rings. The largest absolute Gasteiger partial charge is 0.394 e. The van der Waals surface area contributed by atoms with Crippen LogP contribution in [0, 0.1) is 0 Å². The van der Waals surface area contributed by atoms with Crippen LogP contribution >= 0.6 is 0 Å². The van der Waals surface area contributed by atoms with Crippen molar-refractivity contribution in [3.63, 3.8) is 0 Å². The normalized spacial score (nSPS) is 18.2. The van der Waals surface area contributed by atoms with E-state index in [-0.39, 0.29) is 24.5 Å². The van der Waals surface area contributed by atoms with Gasteiger partial charge in [0.1, 0.15) is 0 Å². The first-order valence-electron chi connectivity index (χ1n) is 7.90. The number of aliphatic hydroxyl groups is 1. The molecule has 1 unspecified atom stereocenters. The first kappa shape index (κ1) is 15.7. The molecule has 1 fully saturated rings. The number of carbonyl (C=O) groups is 1. The molecule has 1 N–H and O–H groups in total. The molecule has 1 aliphatic rings. The van der Waals surface area contributed by atoms with E-state index in [4.69, 9.17) is 4.74 Å². The van der Waals surface area contributed by atoms with Crippen LogP contribution in [0.1, 0.15) is 17.0 Å². The Kier molecular flexibility index (Phi) is 5.05. The number of benzene rings is 2. The van der Waals surface area contributed by atoms with Crippen molar-refractivity contribution >= 4 is 5.91 Å². The van der Waals surface area contributed by atoms with E-state index in [0.29, 0.717) is 19.8 Å². The van der Waals surface area contributed by atoms with E-state index in [9.17, 15) is 9.90 Å². The van der Waals surface area contributed by atoms with Crippen molar-refractivity contribution < 1.29 is 14.6 Å². The van der Waals surface area contributed by atoms with Gasteiger partial charge in [-0.1, -0.05) is 60.7 Å². The van der Waals surface area contributed by atoms with Gasteiger partial charge < -0.3 is 14.7 Å². The zero-order valence-corrected chi connectivity index (χ0v) is 13.0. The molecule has 1 heterocycles. The standard InChI is InChI=1S/C19H21NO3/c21-13-17-14-23-12-11-20(17)19(22)18(15-7-3-1-4-8-15)16-9-5-2-6-10-16/h1-10,17-18,21H,11-14H2. The summed E-state index contributed by atoms with van der Waals surface area (Å²) in [5.41, 5.74) is 1.93. The lowest BCUT2D eigenvalue weighted by atomic mass is 9.89. The van der Waals surface area contributed by atoms with Crippen LogP contribution in [0.2, 0.25) is 0 Å². The minimum Gasteiger partial charge on any atom is -0.394 e. The van der Waals surface area contributed by atoms with Crippen LogP contribution in [0.5, 0.6) is 0 Å². The Hall–Kier alpha value is -2.17. The van der Waals surface area contributed by atoms with E-state index < -0.39 is 0 Å². The van der Waals surface area contributed by atoms with Crippen molar-refractivity contribution in [2.45, 2.75) is 12.0 Å². The summed E-state index contributed by atoms with van der Waals surface area (Å²) in [6.07, 6.45) is 0. The molecular formula is C19H21NO3. The SMILES string of the molecule is O=C(C(c1ccccc1)c1ccccc1)N1CCOCC1CO. The summed E-state index contributed by atoms with van der Waals surface area (Å²) in [4.78, 5) is 15.0. The van der Waals surface area contributed by atoms with Gasteiger partial charge in [0.05, 0.1) is 31.8 Å². The smallest absolute Gasteiger partial charge is 0.235 e.